The molecule has 0 aliphatic heterocycles. The zero-order valence-electron chi connectivity index (χ0n) is 11.3. The summed E-state index contributed by atoms with van der Waals surface area (Å²) in [6, 6.07) is 14.3. The van der Waals surface area contributed by atoms with E-state index in [0.717, 1.165) is 29.4 Å². The van der Waals surface area contributed by atoms with Crippen molar-refractivity contribution < 1.29 is 0 Å². The number of halogens is 1. The van der Waals surface area contributed by atoms with Crippen LogP contribution in [0, 0.1) is 0 Å². The lowest BCUT2D eigenvalue weighted by atomic mass is 10.1. The fraction of sp³-hybridized carbons (Fsp3) is 0.250. The molecule has 0 aliphatic rings. The van der Waals surface area contributed by atoms with Gasteiger partial charge in [-0.2, -0.15) is 0 Å². The van der Waals surface area contributed by atoms with E-state index in [0.29, 0.717) is 0 Å². The second-order valence-corrected chi connectivity index (χ2v) is 4.88. The zero-order valence-corrected chi connectivity index (χ0v) is 12.1. The van der Waals surface area contributed by atoms with E-state index in [4.69, 9.17) is 11.6 Å². The summed E-state index contributed by atoms with van der Waals surface area (Å²) in [5.41, 5.74) is 4.82. The standard InChI is InChI=1S/C16H19ClN2/c1-3-12-4-5-14(17)10-13(12)11-19-16-8-6-15(18-2)7-9-16/h4-10,18-19H,3,11H2,1-2H3. The van der Waals surface area contributed by atoms with Gasteiger partial charge in [0.15, 0.2) is 0 Å². The Balaban J connectivity index is 2.07. The molecular weight excluding hydrogens is 256 g/mol. The van der Waals surface area contributed by atoms with Crippen molar-refractivity contribution >= 4 is 23.0 Å². The Morgan fingerprint density at radius 3 is 2.26 bits per heavy atom. The molecule has 0 bridgehead atoms. The SMILES string of the molecule is CCc1ccc(Cl)cc1CNc1ccc(NC)cc1. The molecule has 0 unspecified atom stereocenters. The quantitative estimate of drug-likeness (QED) is 0.835. The molecule has 0 spiro atoms. The van der Waals surface area contributed by atoms with Crippen LogP contribution in [0.1, 0.15) is 18.1 Å². The van der Waals surface area contributed by atoms with Crippen molar-refractivity contribution in [2.45, 2.75) is 19.9 Å². The van der Waals surface area contributed by atoms with Crippen LogP contribution in [0.5, 0.6) is 0 Å². The number of hydrogen-bond acceptors (Lipinski definition) is 2. The average Bonchev–Trinajstić information content (AvgIpc) is 2.46. The first kappa shape index (κ1) is 13.8. The topological polar surface area (TPSA) is 24.1 Å². The van der Waals surface area contributed by atoms with Crippen LogP contribution in [0.4, 0.5) is 11.4 Å². The van der Waals surface area contributed by atoms with E-state index >= 15 is 0 Å². The third-order valence-electron chi connectivity index (χ3n) is 3.21. The summed E-state index contributed by atoms with van der Waals surface area (Å²) in [6.45, 7) is 2.96. The van der Waals surface area contributed by atoms with Crippen LogP contribution in [0.2, 0.25) is 5.02 Å². The first-order chi connectivity index (χ1) is 9.22. The normalized spacial score (nSPS) is 10.3. The first-order valence-corrected chi connectivity index (χ1v) is 6.89. The molecule has 0 amide bonds. The lowest BCUT2D eigenvalue weighted by molar-refractivity contribution is 1.04. The minimum absolute atomic E-state index is 0.791. The van der Waals surface area contributed by atoms with E-state index in [1.807, 2.05) is 19.2 Å². The molecular formula is C16H19ClN2. The van der Waals surface area contributed by atoms with Gasteiger partial charge in [-0.25, -0.2) is 0 Å². The highest BCUT2D eigenvalue weighted by atomic mass is 35.5. The lowest BCUT2D eigenvalue weighted by Crippen LogP contribution is -2.02. The maximum atomic E-state index is 6.06. The van der Waals surface area contributed by atoms with Gasteiger partial charge < -0.3 is 10.6 Å². The summed E-state index contributed by atoms with van der Waals surface area (Å²) in [5.74, 6) is 0. The van der Waals surface area contributed by atoms with Gasteiger partial charge in [0.2, 0.25) is 0 Å². The van der Waals surface area contributed by atoms with E-state index in [1.54, 1.807) is 0 Å². The average molecular weight is 275 g/mol. The number of rotatable bonds is 5. The smallest absolute Gasteiger partial charge is 0.0409 e. The fourth-order valence-electron chi connectivity index (χ4n) is 2.06. The molecule has 0 saturated heterocycles. The van der Waals surface area contributed by atoms with Gasteiger partial charge in [0.05, 0.1) is 0 Å². The Morgan fingerprint density at radius 1 is 0.947 bits per heavy atom. The van der Waals surface area contributed by atoms with Crippen molar-refractivity contribution in [1.29, 1.82) is 0 Å². The molecule has 19 heavy (non-hydrogen) atoms. The molecule has 2 N–H and O–H groups in total. The Hall–Kier alpha value is -1.67. The van der Waals surface area contributed by atoms with Crippen molar-refractivity contribution in [2.24, 2.45) is 0 Å². The summed E-state index contributed by atoms with van der Waals surface area (Å²) >= 11 is 6.06. The monoisotopic (exact) mass is 274 g/mol. The van der Waals surface area contributed by atoms with Crippen LogP contribution in [0.3, 0.4) is 0 Å². The Bertz CT molecular complexity index is 535. The highest BCUT2D eigenvalue weighted by molar-refractivity contribution is 6.30. The molecule has 0 heterocycles. The van der Waals surface area contributed by atoms with E-state index in [1.165, 1.54) is 11.1 Å². The predicted octanol–water partition coefficient (Wildman–Crippen LogP) is 4.56. The molecule has 0 radical (unpaired) electrons. The van der Waals surface area contributed by atoms with Crippen LogP contribution in [-0.2, 0) is 13.0 Å². The van der Waals surface area contributed by atoms with Gasteiger partial charge in [-0.15, -0.1) is 0 Å². The Morgan fingerprint density at radius 2 is 1.63 bits per heavy atom. The van der Waals surface area contributed by atoms with Gasteiger partial charge in [0, 0.05) is 30.0 Å². The van der Waals surface area contributed by atoms with E-state index in [2.05, 4.69) is 47.9 Å². The minimum Gasteiger partial charge on any atom is -0.388 e. The third-order valence-corrected chi connectivity index (χ3v) is 3.44. The van der Waals surface area contributed by atoms with Crippen LogP contribution in [-0.4, -0.2) is 7.05 Å². The molecule has 0 aromatic heterocycles. The maximum absolute atomic E-state index is 6.06. The van der Waals surface area contributed by atoms with E-state index in [9.17, 15) is 0 Å². The molecule has 2 aromatic rings. The summed E-state index contributed by atoms with van der Waals surface area (Å²) in [4.78, 5) is 0. The van der Waals surface area contributed by atoms with Gasteiger partial charge in [-0.05, 0) is 53.9 Å². The molecule has 2 rings (SSSR count). The number of aryl methyl sites for hydroxylation is 1. The molecule has 0 aliphatic carbocycles. The maximum Gasteiger partial charge on any atom is 0.0409 e. The highest BCUT2D eigenvalue weighted by Crippen LogP contribution is 2.19. The van der Waals surface area contributed by atoms with E-state index < -0.39 is 0 Å². The Kier molecular flexibility index (Phi) is 4.69. The predicted molar refractivity (Wildman–Crippen MR) is 84.1 cm³/mol. The fourth-order valence-corrected chi connectivity index (χ4v) is 2.25. The summed E-state index contributed by atoms with van der Waals surface area (Å²) < 4.78 is 0. The van der Waals surface area contributed by atoms with Gasteiger partial charge >= 0.3 is 0 Å². The van der Waals surface area contributed by atoms with Crippen molar-refractivity contribution in [3.8, 4) is 0 Å². The van der Waals surface area contributed by atoms with Crippen LogP contribution in [0.15, 0.2) is 42.5 Å². The second-order valence-electron chi connectivity index (χ2n) is 4.45. The third kappa shape index (κ3) is 3.65. The summed E-state index contributed by atoms with van der Waals surface area (Å²) in [5, 5.41) is 7.33. The minimum atomic E-state index is 0.791. The second kappa shape index (κ2) is 6.48. The van der Waals surface area contributed by atoms with Gasteiger partial charge in [0.1, 0.15) is 0 Å². The van der Waals surface area contributed by atoms with Crippen molar-refractivity contribution in [3.63, 3.8) is 0 Å². The van der Waals surface area contributed by atoms with Crippen molar-refractivity contribution in [1.82, 2.24) is 0 Å². The van der Waals surface area contributed by atoms with Crippen LogP contribution < -0.4 is 10.6 Å². The number of nitrogens with one attached hydrogen (secondary N) is 2. The molecule has 2 aromatic carbocycles. The summed E-state index contributed by atoms with van der Waals surface area (Å²) in [6.07, 6.45) is 1.02. The molecule has 100 valence electrons. The van der Waals surface area contributed by atoms with E-state index in [-0.39, 0.29) is 0 Å². The molecule has 0 fully saturated rings. The van der Waals surface area contributed by atoms with Gasteiger partial charge in [-0.3, -0.25) is 0 Å². The first-order valence-electron chi connectivity index (χ1n) is 6.52. The van der Waals surface area contributed by atoms with Crippen LogP contribution >= 0.6 is 11.6 Å². The number of anilines is 2. The summed E-state index contributed by atoms with van der Waals surface area (Å²) in [7, 11) is 1.92. The highest BCUT2D eigenvalue weighted by Gasteiger charge is 2.02. The zero-order chi connectivity index (χ0) is 13.7. The van der Waals surface area contributed by atoms with Crippen molar-refractivity contribution in [3.05, 3.63) is 58.6 Å². The molecule has 3 heteroatoms. The molecule has 0 saturated carbocycles. The lowest BCUT2D eigenvalue weighted by Gasteiger charge is -2.11. The van der Waals surface area contributed by atoms with Crippen molar-refractivity contribution in [2.75, 3.05) is 17.7 Å². The van der Waals surface area contributed by atoms with Gasteiger partial charge in [0.25, 0.3) is 0 Å². The number of benzene rings is 2. The largest absolute Gasteiger partial charge is 0.388 e. The molecule has 2 nitrogen and oxygen atoms in total. The number of hydrogen-bond donors (Lipinski definition) is 2. The van der Waals surface area contributed by atoms with Crippen LogP contribution in [0.25, 0.3) is 0 Å². The molecule has 0 atom stereocenters. The Labute approximate surface area is 119 Å². The van der Waals surface area contributed by atoms with Gasteiger partial charge in [-0.1, -0.05) is 24.6 Å².